The molecule has 3 nitrogen and oxygen atoms in total. The summed E-state index contributed by atoms with van der Waals surface area (Å²) in [5, 5.41) is 4.29. The van der Waals surface area contributed by atoms with Gasteiger partial charge in [0.1, 0.15) is 4.99 Å². The Kier molecular flexibility index (Phi) is 4.05. The molecule has 0 spiro atoms. The normalized spacial score (nSPS) is 13.8. The number of aryl methyl sites for hydroxylation is 2. The predicted octanol–water partition coefficient (Wildman–Crippen LogP) is 4.16. The number of rotatable bonds is 3. The molecular formula is C14H14BrN3S2. The molecule has 1 aromatic heterocycles. The van der Waals surface area contributed by atoms with E-state index in [4.69, 9.17) is 18.0 Å². The number of benzene rings is 1. The molecule has 0 saturated heterocycles. The fourth-order valence-corrected chi connectivity index (χ4v) is 3.96. The molecular weight excluding hydrogens is 354 g/mol. The second-order valence-electron chi connectivity index (χ2n) is 4.78. The highest BCUT2D eigenvalue weighted by molar-refractivity contribution is 9.10. The fraction of sp³-hybridized carbons (Fsp3) is 0.286. The predicted molar refractivity (Wildman–Crippen MR) is 92.1 cm³/mol. The highest BCUT2D eigenvalue weighted by atomic mass is 79.9. The Morgan fingerprint density at radius 2 is 2.15 bits per heavy atom. The van der Waals surface area contributed by atoms with Gasteiger partial charge in [-0.05, 0) is 43.9 Å². The maximum atomic E-state index is 5.77. The van der Waals surface area contributed by atoms with Gasteiger partial charge in [0.05, 0.1) is 11.4 Å². The molecule has 3 N–H and O–H groups in total. The van der Waals surface area contributed by atoms with Crippen molar-refractivity contribution in [3.63, 3.8) is 0 Å². The maximum Gasteiger partial charge on any atom is 0.187 e. The number of thiazole rings is 1. The molecule has 1 heterocycles. The lowest BCUT2D eigenvalue weighted by Gasteiger charge is -2.09. The van der Waals surface area contributed by atoms with Crippen LogP contribution < -0.4 is 11.1 Å². The van der Waals surface area contributed by atoms with Gasteiger partial charge < -0.3 is 11.1 Å². The van der Waals surface area contributed by atoms with Crippen LogP contribution in [-0.2, 0) is 12.8 Å². The highest BCUT2D eigenvalue weighted by Crippen LogP contribution is 2.32. The first-order valence-electron chi connectivity index (χ1n) is 6.48. The van der Waals surface area contributed by atoms with Gasteiger partial charge in [0.15, 0.2) is 5.13 Å². The molecule has 1 aliphatic rings. The molecule has 0 atom stereocenters. The molecule has 0 fully saturated rings. The van der Waals surface area contributed by atoms with Crippen molar-refractivity contribution >= 4 is 55.3 Å². The van der Waals surface area contributed by atoms with Gasteiger partial charge in [-0.25, -0.2) is 4.98 Å². The minimum atomic E-state index is 0.390. The number of fused-ring (bicyclic) bond motifs is 1. The third-order valence-corrected chi connectivity index (χ3v) is 5.12. The second-order valence-corrected chi connectivity index (χ2v) is 7.21. The topological polar surface area (TPSA) is 50.9 Å². The van der Waals surface area contributed by atoms with Crippen molar-refractivity contribution < 1.29 is 0 Å². The number of halogens is 1. The minimum Gasteiger partial charge on any atom is -0.389 e. The average molecular weight is 368 g/mol. The number of nitrogens with zero attached hydrogens (tertiary/aromatic N) is 1. The molecule has 104 valence electrons. The van der Waals surface area contributed by atoms with E-state index in [0.29, 0.717) is 4.99 Å². The largest absolute Gasteiger partial charge is 0.389 e. The van der Waals surface area contributed by atoms with Crippen molar-refractivity contribution in [1.29, 1.82) is 0 Å². The van der Waals surface area contributed by atoms with Crippen LogP contribution in [-0.4, -0.2) is 9.97 Å². The first kappa shape index (κ1) is 14.0. The molecule has 0 aliphatic heterocycles. The molecule has 0 saturated carbocycles. The van der Waals surface area contributed by atoms with Crippen molar-refractivity contribution in [2.75, 3.05) is 5.32 Å². The van der Waals surface area contributed by atoms with Crippen molar-refractivity contribution in [2.45, 2.75) is 25.7 Å². The van der Waals surface area contributed by atoms with Crippen molar-refractivity contribution in [1.82, 2.24) is 4.98 Å². The van der Waals surface area contributed by atoms with E-state index in [1.165, 1.54) is 23.4 Å². The summed E-state index contributed by atoms with van der Waals surface area (Å²) in [4.78, 5) is 6.48. The van der Waals surface area contributed by atoms with E-state index < -0.39 is 0 Å². The summed E-state index contributed by atoms with van der Waals surface area (Å²) in [5.74, 6) is 0. The van der Waals surface area contributed by atoms with Crippen LogP contribution in [0.1, 0.15) is 29.0 Å². The van der Waals surface area contributed by atoms with Gasteiger partial charge in [0.25, 0.3) is 0 Å². The van der Waals surface area contributed by atoms with Gasteiger partial charge in [0, 0.05) is 14.9 Å². The van der Waals surface area contributed by atoms with E-state index in [9.17, 15) is 0 Å². The third-order valence-electron chi connectivity index (χ3n) is 3.33. The Hall–Kier alpha value is -0.980. The van der Waals surface area contributed by atoms with Crippen LogP contribution in [0.3, 0.4) is 0 Å². The summed E-state index contributed by atoms with van der Waals surface area (Å²) in [5.41, 5.74) is 8.77. The summed E-state index contributed by atoms with van der Waals surface area (Å²) in [7, 11) is 0. The highest BCUT2D eigenvalue weighted by Gasteiger charge is 2.16. The van der Waals surface area contributed by atoms with Gasteiger partial charge in [-0.1, -0.05) is 28.1 Å². The van der Waals surface area contributed by atoms with Gasteiger partial charge in [-0.2, -0.15) is 0 Å². The lowest BCUT2D eigenvalue weighted by atomic mass is 10.0. The zero-order valence-corrected chi connectivity index (χ0v) is 14.0. The number of nitrogens with one attached hydrogen (secondary N) is 1. The Morgan fingerprint density at radius 3 is 2.90 bits per heavy atom. The lowest BCUT2D eigenvalue weighted by Crippen LogP contribution is -2.11. The zero-order chi connectivity index (χ0) is 14.1. The van der Waals surface area contributed by atoms with Crippen molar-refractivity contribution in [2.24, 2.45) is 5.73 Å². The molecule has 1 aliphatic carbocycles. The van der Waals surface area contributed by atoms with Crippen LogP contribution in [0.5, 0.6) is 0 Å². The smallest absolute Gasteiger partial charge is 0.187 e. The number of thiocarbonyl (C=S) groups is 1. The Bertz CT molecular complexity index is 643. The van der Waals surface area contributed by atoms with Crippen molar-refractivity contribution in [3.8, 4) is 0 Å². The van der Waals surface area contributed by atoms with Crippen LogP contribution in [0.15, 0.2) is 22.7 Å². The minimum absolute atomic E-state index is 0.390. The molecule has 0 unspecified atom stereocenters. The van der Waals surface area contributed by atoms with Gasteiger partial charge >= 0.3 is 0 Å². The average Bonchev–Trinajstić information content (AvgIpc) is 2.80. The maximum absolute atomic E-state index is 5.77. The van der Waals surface area contributed by atoms with Gasteiger partial charge in [-0.3, -0.25) is 0 Å². The molecule has 0 amide bonds. The number of nitrogens with two attached hydrogens (primary N) is 1. The second kappa shape index (κ2) is 5.79. The molecule has 2 aromatic rings. The van der Waals surface area contributed by atoms with Crippen LogP contribution in [0, 0.1) is 0 Å². The summed E-state index contributed by atoms with van der Waals surface area (Å²) in [6.07, 6.45) is 4.75. The fourth-order valence-electron chi connectivity index (χ4n) is 2.36. The Morgan fingerprint density at radius 1 is 1.35 bits per heavy atom. The Balaban J connectivity index is 1.92. The van der Waals surface area contributed by atoms with E-state index in [1.807, 2.05) is 18.2 Å². The van der Waals surface area contributed by atoms with Crippen molar-refractivity contribution in [3.05, 3.63) is 38.8 Å². The first-order chi connectivity index (χ1) is 9.63. The van der Waals surface area contributed by atoms with Crippen LogP contribution in [0.25, 0.3) is 0 Å². The molecule has 0 radical (unpaired) electrons. The number of hydrogen-bond donors (Lipinski definition) is 2. The monoisotopic (exact) mass is 367 g/mol. The molecule has 0 bridgehead atoms. The number of aromatic nitrogens is 1. The summed E-state index contributed by atoms with van der Waals surface area (Å²) >= 11 is 10.3. The van der Waals surface area contributed by atoms with E-state index >= 15 is 0 Å². The van der Waals surface area contributed by atoms with E-state index in [0.717, 1.165) is 33.7 Å². The number of hydrogen-bond acceptors (Lipinski definition) is 4. The van der Waals surface area contributed by atoms with Crippen LogP contribution in [0.2, 0.25) is 0 Å². The van der Waals surface area contributed by atoms with Gasteiger partial charge in [-0.15, -0.1) is 11.3 Å². The van der Waals surface area contributed by atoms with E-state index in [1.54, 1.807) is 11.3 Å². The van der Waals surface area contributed by atoms with Crippen LogP contribution in [0.4, 0.5) is 10.8 Å². The van der Waals surface area contributed by atoms with Crippen LogP contribution >= 0.6 is 39.5 Å². The number of anilines is 2. The molecule has 6 heteroatoms. The molecule has 20 heavy (non-hydrogen) atoms. The summed E-state index contributed by atoms with van der Waals surface area (Å²) < 4.78 is 0.987. The lowest BCUT2D eigenvalue weighted by molar-refractivity contribution is 0.683. The van der Waals surface area contributed by atoms with E-state index in [2.05, 4.69) is 26.2 Å². The Labute approximate surface area is 135 Å². The summed E-state index contributed by atoms with van der Waals surface area (Å²) in [6.45, 7) is 0. The quantitative estimate of drug-likeness (QED) is 0.799. The zero-order valence-electron chi connectivity index (χ0n) is 10.8. The van der Waals surface area contributed by atoms with E-state index in [-0.39, 0.29) is 0 Å². The SMILES string of the molecule is NC(=S)c1ccc(Br)cc1Nc1nc2c(s1)CCCC2. The van der Waals surface area contributed by atoms with Gasteiger partial charge in [0.2, 0.25) is 0 Å². The molecule has 1 aromatic carbocycles. The first-order valence-corrected chi connectivity index (χ1v) is 8.50. The summed E-state index contributed by atoms with van der Waals surface area (Å²) in [6, 6.07) is 5.84. The molecule has 3 rings (SSSR count). The third kappa shape index (κ3) is 2.87. The standard InChI is InChI=1S/C14H14BrN3S2/c15-8-5-6-9(13(16)19)11(7-8)18-14-17-10-3-1-2-4-12(10)20-14/h5-7H,1-4H2,(H2,16,19)(H,17,18).